The van der Waals surface area contributed by atoms with Gasteiger partial charge in [-0.1, -0.05) is 10.3 Å². The van der Waals surface area contributed by atoms with Crippen LogP contribution in [-0.4, -0.2) is 10.1 Å². The fourth-order valence-corrected chi connectivity index (χ4v) is 1.62. The van der Waals surface area contributed by atoms with E-state index in [0.29, 0.717) is 17.0 Å². The zero-order valence-electron chi connectivity index (χ0n) is 7.21. The highest BCUT2D eigenvalue weighted by Crippen LogP contribution is 2.22. The van der Waals surface area contributed by atoms with E-state index in [9.17, 15) is 4.21 Å². The summed E-state index contributed by atoms with van der Waals surface area (Å²) in [4.78, 5) is 0. The van der Waals surface area contributed by atoms with Crippen LogP contribution in [-0.2, 0) is 21.0 Å². The third-order valence-electron chi connectivity index (χ3n) is 1.57. The number of rotatable bonds is 4. The molecule has 0 bridgehead atoms. The molecule has 6 heteroatoms. The van der Waals surface area contributed by atoms with Crippen molar-refractivity contribution in [3.63, 3.8) is 0 Å². The van der Waals surface area contributed by atoms with Crippen LogP contribution < -0.4 is 10.5 Å². The van der Waals surface area contributed by atoms with Gasteiger partial charge in [-0.15, -0.1) is 0 Å². The quantitative estimate of drug-likeness (QED) is 0.354. The van der Waals surface area contributed by atoms with Crippen LogP contribution in [0.25, 0.3) is 0 Å². The normalized spacial score (nSPS) is 12.1. The zero-order valence-corrected chi connectivity index (χ0v) is 8.92. The number of hydrogen-bond donors (Lipinski definition) is 2. The molecule has 1 aromatic rings. The van der Waals surface area contributed by atoms with Crippen LogP contribution in [0.1, 0.15) is 5.56 Å². The molecule has 0 saturated heterocycles. The van der Waals surface area contributed by atoms with Gasteiger partial charge in [0.2, 0.25) is 11.1 Å². The first-order valence-electron chi connectivity index (χ1n) is 3.75. The van der Waals surface area contributed by atoms with Crippen molar-refractivity contribution in [3.05, 3.63) is 23.8 Å². The molecule has 76 valence electrons. The fourth-order valence-electron chi connectivity index (χ4n) is 1.01. The molecule has 0 aliphatic carbocycles. The lowest BCUT2D eigenvalue weighted by Crippen LogP contribution is -1.97. The summed E-state index contributed by atoms with van der Waals surface area (Å²) in [6.07, 6.45) is 0. The van der Waals surface area contributed by atoms with Crippen LogP contribution in [0.5, 0.6) is 5.75 Å². The maximum atomic E-state index is 10.5. The minimum Gasteiger partial charge on any atom is -0.451 e. The number of nitrogens with two attached hydrogens (primary N) is 1. The minimum atomic E-state index is -2.18. The Labute approximate surface area is 89.4 Å². The molecule has 0 radical (unpaired) electrons. The molecular weight excluding hydrogens is 222 g/mol. The Bertz CT molecular complexity index is 368. The molecule has 1 aromatic carbocycles. The van der Waals surface area contributed by atoms with Gasteiger partial charge in [-0.25, -0.2) is 0 Å². The summed E-state index contributed by atoms with van der Waals surface area (Å²) in [5.41, 5.74) is 7.82. The molecule has 1 unspecified atom stereocenters. The van der Waals surface area contributed by atoms with E-state index in [1.807, 2.05) is 0 Å². The number of hydrogen-bond acceptors (Lipinski definition) is 4. The van der Waals surface area contributed by atoms with E-state index >= 15 is 0 Å². The molecule has 1 rings (SSSR count). The predicted molar refractivity (Wildman–Crippen MR) is 60.9 cm³/mol. The van der Waals surface area contributed by atoms with E-state index in [2.05, 4.69) is 12.2 Å². The van der Waals surface area contributed by atoms with E-state index in [-0.39, 0.29) is 5.75 Å². The van der Waals surface area contributed by atoms with Gasteiger partial charge in [-0.05, 0) is 24.4 Å². The van der Waals surface area contributed by atoms with Crippen molar-refractivity contribution >= 4 is 34.5 Å². The molecule has 4 nitrogen and oxygen atoms in total. The van der Waals surface area contributed by atoms with E-state index in [0.717, 1.165) is 5.55 Å². The average molecular weight is 232 g/mol. The van der Waals surface area contributed by atoms with Gasteiger partial charge in [0, 0.05) is 5.56 Å². The van der Waals surface area contributed by atoms with Crippen molar-refractivity contribution in [2.45, 2.75) is 5.75 Å². The van der Waals surface area contributed by atoms with Gasteiger partial charge < -0.3 is 10.5 Å². The Hall–Kier alpha value is -0.980. The van der Waals surface area contributed by atoms with Crippen LogP contribution in [0.3, 0.4) is 0 Å². The van der Waals surface area contributed by atoms with Gasteiger partial charge in [0.1, 0.15) is 0 Å². The number of anilines is 1. The van der Waals surface area contributed by atoms with Crippen molar-refractivity contribution in [3.8, 4) is 5.75 Å². The second kappa shape index (κ2) is 5.04. The van der Waals surface area contributed by atoms with Crippen molar-refractivity contribution in [1.29, 1.82) is 0 Å². The maximum Gasteiger partial charge on any atom is 0.206 e. The van der Waals surface area contributed by atoms with Crippen molar-refractivity contribution in [1.82, 2.24) is 0 Å². The Kier molecular flexibility index (Phi) is 3.99. The summed E-state index contributed by atoms with van der Waals surface area (Å²) < 4.78 is 24.2. The summed E-state index contributed by atoms with van der Waals surface area (Å²) in [6.45, 7) is 0. The molecular formula is C8H10NO3S2+. The molecule has 0 aliphatic heterocycles. The summed E-state index contributed by atoms with van der Waals surface area (Å²) >= 11 is 2.33. The van der Waals surface area contributed by atoms with E-state index in [1.54, 1.807) is 18.2 Å². The lowest BCUT2D eigenvalue weighted by molar-refractivity contribution is 0.518. The molecule has 0 saturated carbocycles. The van der Waals surface area contributed by atoms with Crippen molar-refractivity contribution < 1.29 is 13.5 Å². The highest BCUT2D eigenvalue weighted by Gasteiger charge is 2.06. The second-order valence-electron chi connectivity index (χ2n) is 2.60. The SMILES string of the molecule is Nc1cc(C[SH+](=O)O)ccc1OC=S. The minimum absolute atomic E-state index is 0.0946. The van der Waals surface area contributed by atoms with Crippen LogP contribution in [0.15, 0.2) is 18.2 Å². The Morgan fingerprint density at radius 2 is 2.36 bits per heavy atom. The molecule has 0 aliphatic rings. The third kappa shape index (κ3) is 3.06. The summed E-state index contributed by atoms with van der Waals surface area (Å²) in [5, 5.41) is 0. The Morgan fingerprint density at radius 1 is 1.64 bits per heavy atom. The number of nitrogen functional groups attached to an aromatic ring is 1. The number of thiol groups is 1. The molecule has 0 fully saturated rings. The van der Waals surface area contributed by atoms with Gasteiger partial charge in [-0.3, -0.25) is 0 Å². The van der Waals surface area contributed by atoms with Gasteiger partial charge in [-0.2, -0.15) is 4.55 Å². The average Bonchev–Trinajstić information content (AvgIpc) is 2.09. The second-order valence-corrected chi connectivity index (χ2v) is 3.81. The van der Waals surface area contributed by atoms with Crippen LogP contribution in [0.2, 0.25) is 0 Å². The molecule has 0 heterocycles. The lowest BCUT2D eigenvalue weighted by Gasteiger charge is -2.03. The lowest BCUT2D eigenvalue weighted by atomic mass is 10.2. The van der Waals surface area contributed by atoms with E-state index < -0.39 is 11.1 Å². The first kappa shape index (κ1) is 11.1. The van der Waals surface area contributed by atoms with Gasteiger partial charge >= 0.3 is 0 Å². The molecule has 14 heavy (non-hydrogen) atoms. The van der Waals surface area contributed by atoms with Gasteiger partial charge in [0.15, 0.2) is 17.1 Å². The number of thiocarbonyl (C=S) groups is 1. The smallest absolute Gasteiger partial charge is 0.206 e. The maximum absolute atomic E-state index is 10.5. The summed E-state index contributed by atoms with van der Waals surface area (Å²) in [5.74, 6) is 0.550. The molecule has 0 spiro atoms. The van der Waals surface area contributed by atoms with Crippen molar-refractivity contribution in [2.75, 3.05) is 5.73 Å². The van der Waals surface area contributed by atoms with Crippen LogP contribution >= 0.6 is 12.2 Å². The summed E-state index contributed by atoms with van der Waals surface area (Å²) in [6, 6.07) is 4.89. The van der Waals surface area contributed by atoms with Crippen LogP contribution in [0, 0.1) is 0 Å². The van der Waals surface area contributed by atoms with E-state index in [4.69, 9.17) is 15.0 Å². The number of ether oxygens (including phenoxy) is 1. The van der Waals surface area contributed by atoms with Gasteiger partial charge in [0.25, 0.3) is 0 Å². The summed E-state index contributed by atoms with van der Waals surface area (Å²) in [7, 11) is 0. The fraction of sp³-hybridized carbons (Fsp3) is 0.125. The number of benzene rings is 1. The zero-order chi connectivity index (χ0) is 10.6. The largest absolute Gasteiger partial charge is 0.451 e. The molecule has 3 N–H and O–H groups in total. The van der Waals surface area contributed by atoms with Crippen molar-refractivity contribution in [2.24, 2.45) is 0 Å². The van der Waals surface area contributed by atoms with E-state index in [1.165, 1.54) is 0 Å². The standard InChI is InChI=1S/C8H9NO3S2/c9-7-3-6(4-14(10)11)1-2-8(7)12-5-13/h1-3,5H,4,9H2,(H,10,11)/p+1. The topological polar surface area (TPSA) is 72.6 Å². The Morgan fingerprint density at radius 3 is 2.86 bits per heavy atom. The molecule has 0 aromatic heterocycles. The monoisotopic (exact) mass is 232 g/mol. The van der Waals surface area contributed by atoms with Gasteiger partial charge in [0.05, 0.1) is 5.69 Å². The highest BCUT2D eigenvalue weighted by molar-refractivity contribution is 7.78. The molecule has 0 amide bonds. The first-order chi connectivity index (χ1) is 6.63. The van der Waals surface area contributed by atoms with Crippen LogP contribution in [0.4, 0.5) is 5.69 Å². The predicted octanol–water partition coefficient (Wildman–Crippen LogP) is 1.27. The third-order valence-corrected chi connectivity index (χ3v) is 2.30. The highest BCUT2D eigenvalue weighted by atomic mass is 32.2. The Balaban J connectivity index is 2.88. The first-order valence-corrected chi connectivity index (χ1v) is 5.62. The molecule has 1 atom stereocenters.